The average molecular weight is 395 g/mol. The molecule has 8 heteroatoms. The Hall–Kier alpha value is -2.87. The van der Waals surface area contributed by atoms with Gasteiger partial charge in [-0.25, -0.2) is 19.9 Å². The Balaban J connectivity index is 1.48. The van der Waals surface area contributed by atoms with Crippen LogP contribution >= 0.6 is 11.3 Å². The van der Waals surface area contributed by atoms with E-state index in [0.717, 1.165) is 41.2 Å². The number of hydrogen-bond acceptors (Lipinski definition) is 7. The number of nitrogens with one attached hydrogen (secondary N) is 1. The van der Waals surface area contributed by atoms with E-state index in [-0.39, 0.29) is 11.8 Å². The van der Waals surface area contributed by atoms with Crippen LogP contribution in [-0.2, 0) is 0 Å². The maximum atomic E-state index is 12.8. The minimum Gasteiger partial charge on any atom is -0.337 e. The first kappa shape index (κ1) is 18.5. The van der Waals surface area contributed by atoms with Crippen molar-refractivity contribution in [3.8, 4) is 0 Å². The summed E-state index contributed by atoms with van der Waals surface area (Å²) in [5, 5.41) is 3.15. The highest BCUT2D eigenvalue weighted by Gasteiger charge is 2.28. The van der Waals surface area contributed by atoms with Crippen molar-refractivity contribution in [2.24, 2.45) is 0 Å². The topological polar surface area (TPSA) is 83.9 Å². The lowest BCUT2D eigenvalue weighted by atomic mass is 9.94. The molecule has 1 amide bonds. The summed E-state index contributed by atoms with van der Waals surface area (Å²) in [4.78, 5) is 33.0. The molecule has 1 saturated heterocycles. The zero-order valence-corrected chi connectivity index (χ0v) is 16.7. The number of piperidine rings is 1. The fourth-order valence-electron chi connectivity index (χ4n) is 3.37. The third-order valence-electron chi connectivity index (χ3n) is 4.89. The van der Waals surface area contributed by atoms with Crippen LogP contribution in [0.1, 0.15) is 45.4 Å². The number of carbonyl (C=O) groups is 1. The number of pyridine rings is 1. The van der Waals surface area contributed by atoms with Crippen LogP contribution in [-0.4, -0.2) is 43.8 Å². The van der Waals surface area contributed by atoms with Gasteiger partial charge in [0.1, 0.15) is 10.7 Å². The molecule has 0 spiro atoms. The monoisotopic (exact) mass is 394 g/mol. The number of amides is 1. The number of nitrogens with zero attached hydrogens (tertiary/aromatic N) is 5. The van der Waals surface area contributed by atoms with Gasteiger partial charge in [-0.15, -0.1) is 11.3 Å². The first-order chi connectivity index (χ1) is 13.6. The highest BCUT2D eigenvalue weighted by atomic mass is 32.1. The predicted molar refractivity (Wildman–Crippen MR) is 109 cm³/mol. The van der Waals surface area contributed by atoms with Crippen molar-refractivity contribution in [1.82, 2.24) is 24.8 Å². The van der Waals surface area contributed by atoms with Gasteiger partial charge in [0.05, 0.1) is 16.9 Å². The molecule has 4 rings (SSSR count). The lowest BCUT2D eigenvalue weighted by Gasteiger charge is -2.32. The normalized spacial score (nSPS) is 16.8. The maximum Gasteiger partial charge on any atom is 0.265 e. The molecule has 28 heavy (non-hydrogen) atoms. The molecule has 1 atom stereocenters. The molecule has 0 radical (unpaired) electrons. The van der Waals surface area contributed by atoms with Crippen LogP contribution in [0.5, 0.6) is 0 Å². The van der Waals surface area contributed by atoms with Crippen molar-refractivity contribution in [2.45, 2.75) is 32.6 Å². The quantitative estimate of drug-likeness (QED) is 0.726. The molecule has 3 aromatic rings. The molecule has 7 nitrogen and oxygen atoms in total. The van der Waals surface area contributed by atoms with Crippen LogP contribution in [0.2, 0.25) is 0 Å². The number of likely N-dealkylation sites (tertiary alicyclic amines) is 1. The van der Waals surface area contributed by atoms with Gasteiger partial charge < -0.3 is 10.2 Å². The van der Waals surface area contributed by atoms with Crippen molar-refractivity contribution in [2.75, 3.05) is 18.4 Å². The van der Waals surface area contributed by atoms with E-state index in [1.165, 1.54) is 11.3 Å². The lowest BCUT2D eigenvalue weighted by Crippen LogP contribution is -2.39. The summed E-state index contributed by atoms with van der Waals surface area (Å²) < 4.78 is 0. The Labute approximate surface area is 167 Å². The number of aromatic nitrogens is 4. The van der Waals surface area contributed by atoms with Gasteiger partial charge in [0.2, 0.25) is 5.95 Å². The van der Waals surface area contributed by atoms with Gasteiger partial charge in [0.25, 0.3) is 5.91 Å². The summed E-state index contributed by atoms with van der Waals surface area (Å²) in [5.74, 6) is 1.50. The summed E-state index contributed by atoms with van der Waals surface area (Å²) in [7, 11) is 0. The molecule has 0 saturated carbocycles. The molecule has 4 heterocycles. The Morgan fingerprint density at radius 1 is 1.21 bits per heavy atom. The van der Waals surface area contributed by atoms with Crippen LogP contribution in [0, 0.1) is 13.8 Å². The average Bonchev–Trinajstić information content (AvgIpc) is 3.15. The summed E-state index contributed by atoms with van der Waals surface area (Å²) in [6.07, 6.45) is 5.52. The molecule has 1 N–H and O–H groups in total. The van der Waals surface area contributed by atoms with E-state index >= 15 is 0 Å². The van der Waals surface area contributed by atoms with Crippen LogP contribution in [0.15, 0.2) is 36.1 Å². The Bertz CT molecular complexity index is 971. The molecule has 3 aromatic heterocycles. The van der Waals surface area contributed by atoms with Gasteiger partial charge in [-0.1, -0.05) is 6.07 Å². The molecule has 1 aliphatic heterocycles. The summed E-state index contributed by atoms with van der Waals surface area (Å²) >= 11 is 1.41. The third-order valence-corrected chi connectivity index (χ3v) is 5.81. The smallest absolute Gasteiger partial charge is 0.265 e. The molecule has 1 aliphatic rings. The maximum absolute atomic E-state index is 12.8. The Morgan fingerprint density at radius 3 is 2.86 bits per heavy atom. The lowest BCUT2D eigenvalue weighted by molar-refractivity contribution is 0.0710. The number of rotatable bonds is 4. The number of thiazole rings is 1. The zero-order valence-electron chi connectivity index (χ0n) is 15.9. The zero-order chi connectivity index (χ0) is 19.5. The first-order valence-corrected chi connectivity index (χ1v) is 10.2. The summed E-state index contributed by atoms with van der Waals surface area (Å²) in [5.41, 5.74) is 4.58. The van der Waals surface area contributed by atoms with E-state index in [1.54, 1.807) is 17.9 Å². The fraction of sp³-hybridized carbons (Fsp3) is 0.350. The van der Waals surface area contributed by atoms with Crippen molar-refractivity contribution >= 4 is 29.0 Å². The van der Waals surface area contributed by atoms with Crippen LogP contribution < -0.4 is 5.32 Å². The van der Waals surface area contributed by atoms with Crippen molar-refractivity contribution in [3.63, 3.8) is 0 Å². The minimum atomic E-state index is 0.0703. The van der Waals surface area contributed by atoms with Crippen molar-refractivity contribution < 1.29 is 4.79 Å². The molecule has 1 fully saturated rings. The molecular weight excluding hydrogens is 372 g/mol. The Morgan fingerprint density at radius 2 is 2.11 bits per heavy atom. The second-order valence-electron chi connectivity index (χ2n) is 7.01. The standard InChI is InChI=1S/C20H22N6OS/c1-13-5-6-17(22-10-13)25-20-21-8-7-16(24-20)15-4-3-9-26(11-15)19(27)18-14(2)23-12-28-18/h5-8,10,12,15H,3-4,9,11H2,1-2H3,(H,21,22,24,25)/t15-/m1/s1. The van der Waals surface area contributed by atoms with Crippen molar-refractivity contribution in [1.29, 1.82) is 0 Å². The molecule has 0 bridgehead atoms. The van der Waals surface area contributed by atoms with E-state index in [1.807, 2.05) is 36.9 Å². The SMILES string of the molecule is Cc1ccc(Nc2nccc([C@@H]3CCCN(C(=O)c4scnc4C)C3)n2)nc1. The third kappa shape index (κ3) is 4.01. The van der Waals surface area contributed by atoms with Crippen LogP contribution in [0.3, 0.4) is 0 Å². The van der Waals surface area contributed by atoms with Crippen molar-refractivity contribution in [3.05, 3.63) is 57.9 Å². The first-order valence-electron chi connectivity index (χ1n) is 9.32. The second kappa shape index (κ2) is 8.02. The molecular formula is C20H22N6OS. The second-order valence-corrected chi connectivity index (χ2v) is 7.86. The highest BCUT2D eigenvalue weighted by Crippen LogP contribution is 2.28. The molecule has 0 aliphatic carbocycles. The van der Waals surface area contributed by atoms with Crippen LogP contribution in [0.25, 0.3) is 0 Å². The van der Waals surface area contributed by atoms with E-state index < -0.39 is 0 Å². The van der Waals surface area contributed by atoms with Gasteiger partial charge in [0.15, 0.2) is 0 Å². The van der Waals surface area contributed by atoms with Gasteiger partial charge in [0, 0.05) is 31.4 Å². The summed E-state index contributed by atoms with van der Waals surface area (Å²) in [6, 6.07) is 5.83. The van der Waals surface area contributed by atoms with E-state index in [2.05, 4.69) is 25.3 Å². The fourth-order valence-corrected chi connectivity index (χ4v) is 4.14. The van der Waals surface area contributed by atoms with Gasteiger partial charge in [-0.3, -0.25) is 4.79 Å². The number of anilines is 2. The van der Waals surface area contributed by atoms with E-state index in [9.17, 15) is 4.79 Å². The van der Waals surface area contributed by atoms with Crippen LogP contribution in [0.4, 0.5) is 11.8 Å². The summed E-state index contributed by atoms with van der Waals surface area (Å²) in [6.45, 7) is 5.32. The van der Waals surface area contributed by atoms with Gasteiger partial charge in [-0.2, -0.15) is 0 Å². The van der Waals surface area contributed by atoms with Gasteiger partial charge in [-0.05, 0) is 44.4 Å². The number of aryl methyl sites for hydroxylation is 2. The van der Waals surface area contributed by atoms with Gasteiger partial charge >= 0.3 is 0 Å². The number of hydrogen-bond donors (Lipinski definition) is 1. The molecule has 144 valence electrons. The predicted octanol–water partition coefficient (Wildman–Crippen LogP) is 3.71. The molecule has 0 aromatic carbocycles. The molecule has 0 unspecified atom stereocenters. The minimum absolute atomic E-state index is 0.0703. The Kier molecular flexibility index (Phi) is 5.29. The van der Waals surface area contributed by atoms with E-state index in [0.29, 0.717) is 18.3 Å². The highest BCUT2D eigenvalue weighted by molar-refractivity contribution is 7.11. The largest absolute Gasteiger partial charge is 0.337 e. The number of carbonyl (C=O) groups excluding carboxylic acids is 1. The van der Waals surface area contributed by atoms with E-state index in [4.69, 9.17) is 0 Å².